The lowest BCUT2D eigenvalue weighted by molar-refractivity contribution is -0.116. The molecule has 3 aromatic rings. The topological polar surface area (TPSA) is 60.7 Å². The number of hydrogen-bond acceptors (Lipinski definition) is 4. The van der Waals surface area contributed by atoms with Gasteiger partial charge in [0.25, 0.3) is 0 Å². The highest BCUT2D eigenvalue weighted by atomic mass is 35.5. The van der Waals surface area contributed by atoms with Crippen molar-refractivity contribution in [3.05, 3.63) is 83.6 Å². The summed E-state index contributed by atoms with van der Waals surface area (Å²) in [5.74, 6) is -0.0379. The highest BCUT2D eigenvalue weighted by Gasteiger charge is 2.19. The highest BCUT2D eigenvalue weighted by molar-refractivity contribution is 6.30. The maximum atomic E-state index is 12.9. The zero-order valence-electron chi connectivity index (χ0n) is 18.0. The monoisotopic (exact) mass is 452 g/mol. The summed E-state index contributed by atoms with van der Waals surface area (Å²) in [5.41, 5.74) is 2.98. The minimum atomic E-state index is -0.100. The molecule has 4 rings (SSSR count). The lowest BCUT2D eigenvalue weighted by atomic mass is 10.0. The van der Waals surface area contributed by atoms with Crippen molar-refractivity contribution in [2.75, 3.05) is 49.5 Å². The molecular weight excluding hydrogens is 424 g/mol. The molecule has 7 heteroatoms. The Hall–Kier alpha value is -2.80. The Morgan fingerprint density at radius 3 is 2.25 bits per heavy atom. The molecule has 1 aliphatic rings. The number of piperazine rings is 1. The zero-order valence-corrected chi connectivity index (χ0v) is 18.8. The maximum absolute atomic E-state index is 12.9. The second-order valence-corrected chi connectivity index (χ2v) is 8.49. The molecule has 1 aliphatic heterocycles. The van der Waals surface area contributed by atoms with E-state index in [9.17, 15) is 4.79 Å². The third-order valence-electron chi connectivity index (χ3n) is 5.93. The van der Waals surface area contributed by atoms with Gasteiger partial charge in [-0.05, 0) is 54.1 Å². The van der Waals surface area contributed by atoms with Crippen molar-refractivity contribution >= 4 is 28.9 Å². The number of halogens is 1. The van der Waals surface area contributed by atoms with E-state index in [-0.39, 0.29) is 18.6 Å². The fourth-order valence-corrected chi connectivity index (χ4v) is 4.28. The van der Waals surface area contributed by atoms with E-state index >= 15 is 0 Å². The number of β-amino-alcohol motifs (C(OH)–C–C–N with tert-alkyl or cyclic N) is 1. The van der Waals surface area contributed by atoms with E-state index in [0.717, 1.165) is 49.7 Å². The minimum absolute atomic E-state index is 0.0379. The summed E-state index contributed by atoms with van der Waals surface area (Å²) in [5, 5.41) is 12.8. The number of anilines is 2. The summed E-state index contributed by atoms with van der Waals surface area (Å²) in [7, 11) is 0. The van der Waals surface area contributed by atoms with Gasteiger partial charge in [0.2, 0.25) is 5.91 Å². The van der Waals surface area contributed by atoms with Crippen LogP contribution in [0.25, 0.3) is 0 Å². The van der Waals surface area contributed by atoms with Crippen LogP contribution in [-0.2, 0) is 4.79 Å². The predicted octanol–water partition coefficient (Wildman–Crippen LogP) is 3.87. The minimum Gasteiger partial charge on any atom is -0.395 e. The van der Waals surface area contributed by atoms with Gasteiger partial charge in [0.05, 0.1) is 19.1 Å². The SMILES string of the molecule is O=C(C[C@H](c1ccc(Cl)cc1)n1cccc1)Nc1ccc(N2CCN(CCO)CC2)cc1. The van der Waals surface area contributed by atoms with Gasteiger partial charge in [0.15, 0.2) is 0 Å². The Bertz CT molecular complexity index is 982. The molecule has 0 unspecified atom stereocenters. The van der Waals surface area contributed by atoms with Gasteiger partial charge in [-0.25, -0.2) is 0 Å². The number of aromatic nitrogens is 1. The smallest absolute Gasteiger partial charge is 0.226 e. The van der Waals surface area contributed by atoms with Crippen LogP contribution in [0.3, 0.4) is 0 Å². The van der Waals surface area contributed by atoms with Crippen molar-refractivity contribution in [2.24, 2.45) is 0 Å². The Morgan fingerprint density at radius 1 is 0.969 bits per heavy atom. The second-order valence-electron chi connectivity index (χ2n) is 8.05. The first-order valence-corrected chi connectivity index (χ1v) is 11.4. The summed E-state index contributed by atoms with van der Waals surface area (Å²) in [6.45, 7) is 4.71. The van der Waals surface area contributed by atoms with Gasteiger partial charge in [-0.3, -0.25) is 9.69 Å². The molecule has 2 heterocycles. The fraction of sp³-hybridized carbons (Fsp3) is 0.320. The molecule has 1 amide bonds. The van der Waals surface area contributed by atoms with Crippen LogP contribution in [0.2, 0.25) is 5.02 Å². The average molecular weight is 453 g/mol. The Kier molecular flexibility index (Phi) is 7.47. The maximum Gasteiger partial charge on any atom is 0.226 e. The summed E-state index contributed by atoms with van der Waals surface area (Å²) in [4.78, 5) is 17.5. The molecule has 32 heavy (non-hydrogen) atoms. The molecule has 0 bridgehead atoms. The van der Waals surface area contributed by atoms with Gasteiger partial charge in [-0.2, -0.15) is 0 Å². The molecule has 1 aromatic heterocycles. The number of aliphatic hydroxyl groups excluding tert-OH is 1. The Labute approximate surface area is 194 Å². The first-order chi connectivity index (χ1) is 15.6. The molecule has 1 fully saturated rings. The van der Waals surface area contributed by atoms with E-state index in [1.54, 1.807) is 0 Å². The number of nitrogens with one attached hydrogen (secondary N) is 1. The van der Waals surface area contributed by atoms with Gasteiger partial charge in [0, 0.05) is 61.5 Å². The van der Waals surface area contributed by atoms with Crippen molar-refractivity contribution < 1.29 is 9.90 Å². The number of amides is 1. The van der Waals surface area contributed by atoms with Gasteiger partial charge in [-0.1, -0.05) is 23.7 Å². The third kappa shape index (κ3) is 5.71. The molecule has 0 saturated carbocycles. The van der Waals surface area contributed by atoms with E-state index in [1.165, 1.54) is 0 Å². The molecule has 2 aromatic carbocycles. The van der Waals surface area contributed by atoms with Crippen LogP contribution < -0.4 is 10.2 Å². The second kappa shape index (κ2) is 10.7. The number of carbonyl (C=O) groups is 1. The van der Waals surface area contributed by atoms with Crippen LogP contribution in [0.4, 0.5) is 11.4 Å². The molecule has 0 aliphatic carbocycles. The number of benzene rings is 2. The van der Waals surface area contributed by atoms with Crippen molar-refractivity contribution in [3.8, 4) is 0 Å². The molecule has 2 N–H and O–H groups in total. The first kappa shape index (κ1) is 22.4. The molecule has 1 atom stereocenters. The third-order valence-corrected chi connectivity index (χ3v) is 6.18. The summed E-state index contributed by atoms with van der Waals surface area (Å²) in [6.07, 6.45) is 4.27. The summed E-state index contributed by atoms with van der Waals surface area (Å²) >= 11 is 6.04. The quantitative estimate of drug-likeness (QED) is 0.544. The molecule has 6 nitrogen and oxygen atoms in total. The van der Waals surface area contributed by atoms with Crippen molar-refractivity contribution in [3.63, 3.8) is 0 Å². The zero-order chi connectivity index (χ0) is 22.3. The van der Waals surface area contributed by atoms with Crippen LogP contribution in [0.5, 0.6) is 0 Å². The highest BCUT2D eigenvalue weighted by Crippen LogP contribution is 2.25. The Balaban J connectivity index is 1.37. The van der Waals surface area contributed by atoms with Gasteiger partial charge in [0.1, 0.15) is 0 Å². The van der Waals surface area contributed by atoms with E-state index in [4.69, 9.17) is 16.7 Å². The fourth-order valence-electron chi connectivity index (χ4n) is 4.15. The lowest BCUT2D eigenvalue weighted by Gasteiger charge is -2.35. The van der Waals surface area contributed by atoms with E-state index < -0.39 is 0 Å². The van der Waals surface area contributed by atoms with E-state index in [1.807, 2.05) is 65.5 Å². The number of nitrogens with zero attached hydrogens (tertiary/aromatic N) is 3. The summed E-state index contributed by atoms with van der Waals surface area (Å²) in [6, 6.07) is 19.5. The number of rotatable bonds is 8. The largest absolute Gasteiger partial charge is 0.395 e. The van der Waals surface area contributed by atoms with Gasteiger partial charge >= 0.3 is 0 Å². The van der Waals surface area contributed by atoms with Crippen molar-refractivity contribution in [1.82, 2.24) is 9.47 Å². The summed E-state index contributed by atoms with van der Waals surface area (Å²) < 4.78 is 2.04. The van der Waals surface area contributed by atoms with Crippen LogP contribution in [0.1, 0.15) is 18.0 Å². The molecule has 0 radical (unpaired) electrons. The van der Waals surface area contributed by atoms with Crippen LogP contribution in [0.15, 0.2) is 73.1 Å². The van der Waals surface area contributed by atoms with Crippen LogP contribution >= 0.6 is 11.6 Å². The number of aliphatic hydroxyl groups is 1. The Morgan fingerprint density at radius 2 is 1.62 bits per heavy atom. The number of hydrogen-bond donors (Lipinski definition) is 2. The van der Waals surface area contributed by atoms with E-state index in [2.05, 4.69) is 27.2 Å². The molecule has 168 valence electrons. The van der Waals surface area contributed by atoms with E-state index in [0.29, 0.717) is 11.4 Å². The normalized spacial score (nSPS) is 15.5. The molecule has 1 saturated heterocycles. The molecule has 0 spiro atoms. The van der Waals surface area contributed by atoms with Crippen LogP contribution in [-0.4, -0.2) is 59.8 Å². The van der Waals surface area contributed by atoms with Gasteiger partial charge in [-0.15, -0.1) is 0 Å². The molecular formula is C25H29ClN4O2. The predicted molar refractivity (Wildman–Crippen MR) is 129 cm³/mol. The first-order valence-electron chi connectivity index (χ1n) is 11.0. The van der Waals surface area contributed by atoms with Crippen molar-refractivity contribution in [2.45, 2.75) is 12.5 Å². The standard InChI is InChI=1S/C25H29ClN4O2/c26-21-5-3-20(4-6-21)24(30-11-1-2-12-30)19-25(32)27-22-7-9-23(10-8-22)29-15-13-28(14-16-29)17-18-31/h1-12,24,31H,13-19H2,(H,27,32)/t24-/m1/s1. The number of carbonyl (C=O) groups excluding carboxylic acids is 1. The lowest BCUT2D eigenvalue weighted by Crippen LogP contribution is -2.47. The van der Waals surface area contributed by atoms with Crippen LogP contribution in [0, 0.1) is 0 Å². The van der Waals surface area contributed by atoms with Gasteiger partial charge < -0.3 is 19.9 Å². The average Bonchev–Trinajstić information content (AvgIpc) is 3.34. The van der Waals surface area contributed by atoms with Crippen molar-refractivity contribution in [1.29, 1.82) is 0 Å².